The summed E-state index contributed by atoms with van der Waals surface area (Å²) in [7, 11) is 0. The molecule has 1 aliphatic rings. The SMILES string of the molecule is O=C(c1ccccc1Cl)C1CNCc2ccccc21. The fraction of sp³-hybridized carbons (Fsp3) is 0.188. The van der Waals surface area contributed by atoms with Crippen molar-refractivity contribution in [3.05, 3.63) is 70.2 Å². The number of ketones is 1. The molecule has 1 aliphatic heterocycles. The number of rotatable bonds is 2. The summed E-state index contributed by atoms with van der Waals surface area (Å²) in [6.07, 6.45) is 0. The highest BCUT2D eigenvalue weighted by molar-refractivity contribution is 6.34. The van der Waals surface area contributed by atoms with Gasteiger partial charge in [-0.15, -0.1) is 0 Å². The number of benzene rings is 2. The standard InChI is InChI=1S/C16H14ClNO/c17-15-8-4-3-7-13(15)16(19)14-10-18-9-11-5-1-2-6-12(11)14/h1-8,14,18H,9-10H2. The van der Waals surface area contributed by atoms with Crippen LogP contribution in [-0.4, -0.2) is 12.3 Å². The third kappa shape index (κ3) is 2.29. The van der Waals surface area contributed by atoms with Crippen LogP contribution in [0.3, 0.4) is 0 Å². The van der Waals surface area contributed by atoms with Gasteiger partial charge in [0.2, 0.25) is 0 Å². The molecule has 0 amide bonds. The predicted molar refractivity (Wildman–Crippen MR) is 76.7 cm³/mol. The van der Waals surface area contributed by atoms with E-state index in [4.69, 9.17) is 11.6 Å². The average Bonchev–Trinajstić information content (AvgIpc) is 2.46. The molecule has 0 saturated heterocycles. The molecule has 0 aliphatic carbocycles. The van der Waals surface area contributed by atoms with Crippen LogP contribution in [0.4, 0.5) is 0 Å². The molecule has 2 nitrogen and oxygen atoms in total. The van der Waals surface area contributed by atoms with E-state index in [1.165, 1.54) is 5.56 Å². The Morgan fingerprint density at radius 1 is 1.11 bits per heavy atom. The number of carbonyl (C=O) groups is 1. The first-order valence-electron chi connectivity index (χ1n) is 6.34. The third-order valence-corrected chi connectivity index (χ3v) is 3.88. The molecule has 19 heavy (non-hydrogen) atoms. The van der Waals surface area contributed by atoms with E-state index >= 15 is 0 Å². The van der Waals surface area contributed by atoms with E-state index in [2.05, 4.69) is 11.4 Å². The van der Waals surface area contributed by atoms with Gasteiger partial charge in [0.25, 0.3) is 0 Å². The largest absolute Gasteiger partial charge is 0.312 e. The van der Waals surface area contributed by atoms with Crippen LogP contribution >= 0.6 is 11.6 Å². The maximum absolute atomic E-state index is 12.7. The van der Waals surface area contributed by atoms with Crippen molar-refractivity contribution in [1.82, 2.24) is 5.32 Å². The molecule has 1 N–H and O–H groups in total. The fourth-order valence-electron chi connectivity index (χ4n) is 2.58. The lowest BCUT2D eigenvalue weighted by atomic mass is 9.85. The highest BCUT2D eigenvalue weighted by Gasteiger charge is 2.27. The van der Waals surface area contributed by atoms with Crippen LogP contribution in [0, 0.1) is 0 Å². The second-order valence-corrected chi connectivity index (χ2v) is 5.13. The molecule has 3 rings (SSSR count). The van der Waals surface area contributed by atoms with E-state index in [9.17, 15) is 4.79 Å². The Morgan fingerprint density at radius 2 is 1.84 bits per heavy atom. The van der Waals surface area contributed by atoms with Crippen molar-refractivity contribution < 1.29 is 4.79 Å². The summed E-state index contributed by atoms with van der Waals surface area (Å²) < 4.78 is 0. The van der Waals surface area contributed by atoms with Crippen molar-refractivity contribution in [3.8, 4) is 0 Å². The third-order valence-electron chi connectivity index (χ3n) is 3.55. The number of carbonyl (C=O) groups excluding carboxylic acids is 1. The number of halogens is 1. The molecule has 1 heterocycles. The second-order valence-electron chi connectivity index (χ2n) is 4.73. The zero-order valence-corrected chi connectivity index (χ0v) is 11.2. The average molecular weight is 272 g/mol. The van der Waals surface area contributed by atoms with Crippen molar-refractivity contribution in [2.24, 2.45) is 0 Å². The van der Waals surface area contributed by atoms with Gasteiger partial charge in [-0.05, 0) is 23.3 Å². The maximum atomic E-state index is 12.7. The molecule has 2 aromatic rings. The Morgan fingerprint density at radius 3 is 2.68 bits per heavy atom. The van der Waals surface area contributed by atoms with E-state index in [1.54, 1.807) is 12.1 Å². The van der Waals surface area contributed by atoms with Crippen molar-refractivity contribution in [3.63, 3.8) is 0 Å². The summed E-state index contributed by atoms with van der Waals surface area (Å²) in [5, 5.41) is 3.82. The molecule has 96 valence electrons. The van der Waals surface area contributed by atoms with Gasteiger partial charge in [-0.1, -0.05) is 48.0 Å². The number of nitrogens with one attached hydrogen (secondary N) is 1. The van der Waals surface area contributed by atoms with E-state index in [-0.39, 0.29) is 11.7 Å². The van der Waals surface area contributed by atoms with Crippen molar-refractivity contribution >= 4 is 17.4 Å². The first-order valence-corrected chi connectivity index (χ1v) is 6.72. The van der Waals surface area contributed by atoms with Gasteiger partial charge in [0.1, 0.15) is 0 Å². The summed E-state index contributed by atoms with van der Waals surface area (Å²) in [5.41, 5.74) is 2.91. The molecule has 0 fully saturated rings. The summed E-state index contributed by atoms with van der Waals surface area (Å²) in [6.45, 7) is 1.49. The summed E-state index contributed by atoms with van der Waals surface area (Å²) in [6, 6.07) is 15.3. The Kier molecular flexibility index (Phi) is 3.36. The molecular weight excluding hydrogens is 258 g/mol. The van der Waals surface area contributed by atoms with Gasteiger partial charge >= 0.3 is 0 Å². The maximum Gasteiger partial charge on any atom is 0.173 e. The van der Waals surface area contributed by atoms with Gasteiger partial charge in [-0.25, -0.2) is 0 Å². The number of hydrogen-bond donors (Lipinski definition) is 1. The van der Waals surface area contributed by atoms with Gasteiger partial charge in [-0.3, -0.25) is 4.79 Å². The van der Waals surface area contributed by atoms with Gasteiger partial charge in [0, 0.05) is 18.7 Å². The van der Waals surface area contributed by atoms with Crippen LogP contribution in [0.5, 0.6) is 0 Å². The Balaban J connectivity index is 2.00. The quantitative estimate of drug-likeness (QED) is 0.848. The lowest BCUT2D eigenvalue weighted by Crippen LogP contribution is -2.32. The lowest BCUT2D eigenvalue weighted by molar-refractivity contribution is 0.0955. The molecule has 1 unspecified atom stereocenters. The molecule has 0 radical (unpaired) electrons. The number of Topliss-reactive ketones (excluding diaryl/α,β-unsaturated/α-hetero) is 1. The molecule has 0 spiro atoms. The van der Waals surface area contributed by atoms with Gasteiger partial charge < -0.3 is 5.32 Å². The smallest absolute Gasteiger partial charge is 0.173 e. The number of fused-ring (bicyclic) bond motifs is 1. The minimum Gasteiger partial charge on any atom is -0.312 e. The summed E-state index contributed by atoms with van der Waals surface area (Å²) >= 11 is 6.12. The van der Waals surface area contributed by atoms with Crippen molar-refractivity contribution in [2.75, 3.05) is 6.54 Å². The molecule has 2 aromatic carbocycles. The Labute approximate surface area is 117 Å². The summed E-state index contributed by atoms with van der Waals surface area (Å²) in [4.78, 5) is 12.7. The zero-order chi connectivity index (χ0) is 13.2. The monoisotopic (exact) mass is 271 g/mol. The highest BCUT2D eigenvalue weighted by atomic mass is 35.5. The van der Waals surface area contributed by atoms with Crippen LogP contribution in [0.1, 0.15) is 27.4 Å². The first kappa shape index (κ1) is 12.4. The van der Waals surface area contributed by atoms with Crippen LogP contribution in [0.2, 0.25) is 5.02 Å². The summed E-state index contributed by atoms with van der Waals surface area (Å²) in [5.74, 6) is -0.0601. The topological polar surface area (TPSA) is 29.1 Å². The zero-order valence-electron chi connectivity index (χ0n) is 10.4. The number of hydrogen-bond acceptors (Lipinski definition) is 2. The predicted octanol–water partition coefficient (Wildman–Crippen LogP) is 3.41. The first-order chi connectivity index (χ1) is 9.27. The molecule has 0 saturated carbocycles. The van der Waals surface area contributed by atoms with Gasteiger partial charge in [-0.2, -0.15) is 0 Å². The molecule has 0 bridgehead atoms. The van der Waals surface area contributed by atoms with Crippen molar-refractivity contribution in [2.45, 2.75) is 12.5 Å². The lowest BCUT2D eigenvalue weighted by Gasteiger charge is -2.25. The molecular formula is C16H14ClNO. The van der Waals surface area contributed by atoms with E-state index < -0.39 is 0 Å². The second kappa shape index (κ2) is 5.16. The van der Waals surface area contributed by atoms with Gasteiger partial charge in [0.05, 0.1) is 10.9 Å². The van der Waals surface area contributed by atoms with E-state index in [0.29, 0.717) is 17.1 Å². The van der Waals surface area contributed by atoms with Crippen molar-refractivity contribution in [1.29, 1.82) is 0 Å². The van der Waals surface area contributed by atoms with Gasteiger partial charge in [0.15, 0.2) is 5.78 Å². The Bertz CT molecular complexity index is 624. The van der Waals surface area contributed by atoms with Crippen LogP contribution in [0.15, 0.2) is 48.5 Å². The van der Waals surface area contributed by atoms with E-state index in [1.807, 2.05) is 30.3 Å². The normalized spacial score (nSPS) is 17.8. The Hall–Kier alpha value is -1.64. The molecule has 0 aromatic heterocycles. The molecule has 3 heteroatoms. The van der Waals surface area contributed by atoms with E-state index in [0.717, 1.165) is 12.1 Å². The van der Waals surface area contributed by atoms with Crippen LogP contribution < -0.4 is 5.32 Å². The highest BCUT2D eigenvalue weighted by Crippen LogP contribution is 2.29. The molecule has 1 atom stereocenters. The van der Waals surface area contributed by atoms with Crippen LogP contribution in [0.25, 0.3) is 0 Å². The van der Waals surface area contributed by atoms with Crippen LogP contribution in [-0.2, 0) is 6.54 Å². The minimum atomic E-state index is -0.148. The fourth-order valence-corrected chi connectivity index (χ4v) is 2.81. The minimum absolute atomic E-state index is 0.0882.